The van der Waals surface area contributed by atoms with E-state index < -0.39 is 0 Å². The van der Waals surface area contributed by atoms with Crippen molar-refractivity contribution in [2.24, 2.45) is 5.92 Å². The van der Waals surface area contributed by atoms with Crippen LogP contribution in [0.3, 0.4) is 0 Å². The van der Waals surface area contributed by atoms with E-state index in [9.17, 15) is 0 Å². The summed E-state index contributed by atoms with van der Waals surface area (Å²) in [7, 11) is 0. The molecule has 1 saturated carbocycles. The molecule has 0 bridgehead atoms. The van der Waals surface area contributed by atoms with Gasteiger partial charge in [0.25, 0.3) is 0 Å². The molecule has 0 amide bonds. The maximum atomic E-state index is 3.82. The van der Waals surface area contributed by atoms with Crippen LogP contribution in [0.2, 0.25) is 0 Å². The first-order valence-corrected chi connectivity index (χ1v) is 8.07. The Morgan fingerprint density at radius 1 is 1.44 bits per heavy atom. The molecule has 1 aliphatic heterocycles. The lowest BCUT2D eigenvalue weighted by atomic mass is 9.95. The lowest BCUT2D eigenvalue weighted by molar-refractivity contribution is 0.156. The van der Waals surface area contributed by atoms with Gasteiger partial charge >= 0.3 is 0 Å². The molecule has 1 aromatic heterocycles. The van der Waals surface area contributed by atoms with Gasteiger partial charge in [-0.05, 0) is 57.0 Å². The van der Waals surface area contributed by atoms with Crippen molar-refractivity contribution in [2.45, 2.75) is 51.2 Å². The number of hydrogen-bond donors (Lipinski definition) is 1. The summed E-state index contributed by atoms with van der Waals surface area (Å²) < 4.78 is 0. The molecule has 2 unspecified atom stereocenters. The van der Waals surface area contributed by atoms with Crippen LogP contribution in [0.5, 0.6) is 0 Å². The Labute approximate surface area is 114 Å². The molecule has 0 aromatic carbocycles. The fraction of sp³-hybridized carbons (Fsp3) is 0.733. The van der Waals surface area contributed by atoms with Crippen molar-refractivity contribution in [3.63, 3.8) is 0 Å². The third-order valence-electron chi connectivity index (χ3n) is 4.66. The number of thiophene rings is 1. The van der Waals surface area contributed by atoms with E-state index >= 15 is 0 Å². The van der Waals surface area contributed by atoms with Crippen molar-refractivity contribution in [3.05, 3.63) is 22.4 Å². The smallest absolute Gasteiger partial charge is 0.0331 e. The quantitative estimate of drug-likeness (QED) is 0.902. The molecule has 0 radical (unpaired) electrons. The molecule has 18 heavy (non-hydrogen) atoms. The summed E-state index contributed by atoms with van der Waals surface area (Å²) in [4.78, 5) is 4.19. The minimum absolute atomic E-state index is 0.349. The second-order valence-electron chi connectivity index (χ2n) is 6.24. The number of rotatable bonds is 3. The number of hydrogen-bond acceptors (Lipinski definition) is 3. The van der Waals surface area contributed by atoms with Crippen molar-refractivity contribution >= 4 is 11.3 Å². The van der Waals surface area contributed by atoms with Crippen LogP contribution in [0.15, 0.2) is 17.5 Å². The summed E-state index contributed by atoms with van der Waals surface area (Å²) in [6, 6.07) is 5.13. The van der Waals surface area contributed by atoms with Gasteiger partial charge in [0.1, 0.15) is 0 Å². The van der Waals surface area contributed by atoms with E-state index in [1.165, 1.54) is 37.2 Å². The fourth-order valence-corrected chi connectivity index (χ4v) is 3.92. The zero-order valence-corrected chi connectivity index (χ0v) is 12.3. The molecule has 1 saturated heterocycles. The van der Waals surface area contributed by atoms with Crippen molar-refractivity contribution in [1.29, 1.82) is 0 Å². The van der Waals surface area contributed by atoms with Gasteiger partial charge in [-0.3, -0.25) is 4.90 Å². The summed E-state index contributed by atoms with van der Waals surface area (Å²) in [5, 5.41) is 6.01. The Hall–Kier alpha value is -0.380. The predicted octanol–water partition coefficient (Wildman–Crippen LogP) is 3.10. The van der Waals surface area contributed by atoms with Gasteiger partial charge in [-0.1, -0.05) is 6.07 Å². The van der Waals surface area contributed by atoms with Gasteiger partial charge in [-0.15, -0.1) is 11.3 Å². The molecule has 0 spiro atoms. The second-order valence-corrected chi connectivity index (χ2v) is 7.27. The van der Waals surface area contributed by atoms with Gasteiger partial charge in [-0.25, -0.2) is 0 Å². The molecule has 2 heterocycles. The van der Waals surface area contributed by atoms with E-state index in [1.807, 2.05) is 11.3 Å². The first-order valence-electron chi connectivity index (χ1n) is 7.19. The van der Waals surface area contributed by atoms with E-state index in [0.717, 1.165) is 12.5 Å². The van der Waals surface area contributed by atoms with Crippen LogP contribution >= 0.6 is 11.3 Å². The monoisotopic (exact) mass is 264 g/mol. The van der Waals surface area contributed by atoms with E-state index in [1.54, 1.807) is 0 Å². The number of nitrogens with zero attached hydrogens (tertiary/aromatic N) is 1. The molecule has 100 valence electrons. The van der Waals surface area contributed by atoms with Gasteiger partial charge in [-0.2, -0.15) is 0 Å². The van der Waals surface area contributed by atoms with Crippen LogP contribution in [-0.2, 0) is 6.54 Å². The van der Waals surface area contributed by atoms with Crippen molar-refractivity contribution < 1.29 is 0 Å². The second kappa shape index (κ2) is 4.95. The average Bonchev–Trinajstić information content (AvgIpc) is 3.09. The highest BCUT2D eigenvalue weighted by Gasteiger charge is 2.43. The lowest BCUT2D eigenvalue weighted by Crippen LogP contribution is -2.51. The maximum absolute atomic E-state index is 3.82. The zero-order valence-electron chi connectivity index (χ0n) is 11.5. The van der Waals surface area contributed by atoms with Crippen LogP contribution in [0.4, 0.5) is 0 Å². The molecular formula is C15H24N2S. The topological polar surface area (TPSA) is 15.3 Å². The normalized spacial score (nSPS) is 34.4. The third-order valence-corrected chi connectivity index (χ3v) is 5.52. The van der Waals surface area contributed by atoms with Crippen LogP contribution in [0.1, 0.15) is 38.0 Å². The molecule has 2 atom stereocenters. The highest BCUT2D eigenvalue weighted by Crippen LogP contribution is 2.41. The third kappa shape index (κ3) is 2.63. The van der Waals surface area contributed by atoms with Crippen LogP contribution < -0.4 is 5.32 Å². The van der Waals surface area contributed by atoms with Gasteiger partial charge in [0, 0.05) is 29.5 Å². The minimum atomic E-state index is 0.349. The first-order chi connectivity index (χ1) is 8.67. The lowest BCUT2D eigenvalue weighted by Gasteiger charge is -2.35. The van der Waals surface area contributed by atoms with E-state index in [-0.39, 0.29) is 0 Å². The fourth-order valence-electron chi connectivity index (χ4n) is 3.19. The Morgan fingerprint density at radius 2 is 2.28 bits per heavy atom. The standard InChI is InChI=1S/C15H24N2S/c1-12-7-8-16-15(2,13-5-6-13)11-17(12)10-14-4-3-9-18-14/h3-4,9,12-13,16H,5-8,10-11H2,1-2H3. The molecule has 2 nitrogen and oxygen atoms in total. The van der Waals surface area contributed by atoms with Crippen molar-refractivity contribution in [3.8, 4) is 0 Å². The predicted molar refractivity (Wildman–Crippen MR) is 77.9 cm³/mol. The van der Waals surface area contributed by atoms with E-state index in [4.69, 9.17) is 0 Å². The summed E-state index contributed by atoms with van der Waals surface area (Å²) in [6.45, 7) is 8.33. The Morgan fingerprint density at radius 3 is 2.94 bits per heavy atom. The highest BCUT2D eigenvalue weighted by atomic mass is 32.1. The summed E-state index contributed by atoms with van der Waals surface area (Å²) in [6.07, 6.45) is 4.11. The Kier molecular flexibility index (Phi) is 3.48. The average molecular weight is 264 g/mol. The Balaban J connectivity index is 1.73. The largest absolute Gasteiger partial charge is 0.310 e. The molecule has 3 rings (SSSR count). The molecule has 2 aliphatic rings. The summed E-state index contributed by atoms with van der Waals surface area (Å²) in [5.74, 6) is 0.911. The van der Waals surface area contributed by atoms with E-state index in [2.05, 4.69) is 41.6 Å². The van der Waals surface area contributed by atoms with Crippen LogP contribution in [0.25, 0.3) is 0 Å². The van der Waals surface area contributed by atoms with Crippen LogP contribution in [0, 0.1) is 5.92 Å². The van der Waals surface area contributed by atoms with Crippen molar-refractivity contribution in [1.82, 2.24) is 10.2 Å². The van der Waals surface area contributed by atoms with Gasteiger partial charge in [0.2, 0.25) is 0 Å². The SMILES string of the molecule is CC1CCNC(C)(C2CC2)CN1Cc1cccs1. The molecule has 3 heteroatoms. The van der Waals surface area contributed by atoms with Crippen LogP contribution in [-0.4, -0.2) is 29.6 Å². The first kappa shape index (κ1) is 12.6. The molecule has 1 N–H and O–H groups in total. The zero-order chi connectivity index (χ0) is 12.6. The summed E-state index contributed by atoms with van der Waals surface area (Å²) >= 11 is 1.89. The molecule has 1 aromatic rings. The minimum Gasteiger partial charge on any atom is -0.310 e. The molecular weight excluding hydrogens is 240 g/mol. The van der Waals surface area contributed by atoms with Gasteiger partial charge in [0.15, 0.2) is 0 Å². The molecule has 2 fully saturated rings. The molecule has 1 aliphatic carbocycles. The number of nitrogens with one attached hydrogen (secondary N) is 1. The van der Waals surface area contributed by atoms with Crippen molar-refractivity contribution in [2.75, 3.05) is 13.1 Å². The highest BCUT2D eigenvalue weighted by molar-refractivity contribution is 7.09. The van der Waals surface area contributed by atoms with E-state index in [0.29, 0.717) is 11.6 Å². The van der Waals surface area contributed by atoms with Gasteiger partial charge < -0.3 is 5.32 Å². The van der Waals surface area contributed by atoms with Gasteiger partial charge in [0.05, 0.1) is 0 Å². The maximum Gasteiger partial charge on any atom is 0.0331 e. The Bertz CT molecular complexity index is 385. The summed E-state index contributed by atoms with van der Waals surface area (Å²) in [5.41, 5.74) is 0.349.